The van der Waals surface area contributed by atoms with Crippen molar-refractivity contribution < 1.29 is 9.72 Å². The molecule has 0 heterocycles. The second-order valence-corrected chi connectivity index (χ2v) is 2.98. The van der Waals surface area contributed by atoms with Crippen LogP contribution in [0.15, 0.2) is 0 Å². The van der Waals surface area contributed by atoms with Crippen molar-refractivity contribution in [3.63, 3.8) is 0 Å². The third-order valence-corrected chi connectivity index (χ3v) is 2.12. The Kier molecular flexibility index (Phi) is 1.28. The minimum Gasteiger partial charge on any atom is -0.299 e. The van der Waals surface area contributed by atoms with Gasteiger partial charge in [-0.05, 0) is 6.92 Å². The molecule has 0 aliphatic heterocycles. The average Bonchev–Trinajstić information content (AvgIpc) is 2.43. The zero-order chi connectivity index (χ0) is 7.94. The molecule has 1 aliphatic carbocycles. The molecule has 0 aromatic heterocycles. The molecule has 1 rings (SSSR count). The Hall–Kier alpha value is -0.930. The van der Waals surface area contributed by atoms with Gasteiger partial charge in [0.2, 0.25) is 5.54 Å². The molecule has 0 N–H and O–H groups in total. The van der Waals surface area contributed by atoms with Crippen LogP contribution in [0.3, 0.4) is 0 Å². The van der Waals surface area contributed by atoms with Gasteiger partial charge >= 0.3 is 0 Å². The van der Waals surface area contributed by atoms with E-state index in [4.69, 9.17) is 0 Å². The molecule has 10 heavy (non-hydrogen) atoms. The second kappa shape index (κ2) is 1.78. The Labute approximate surface area is 58.4 Å². The van der Waals surface area contributed by atoms with Crippen LogP contribution in [0.4, 0.5) is 0 Å². The van der Waals surface area contributed by atoms with Crippen LogP contribution in [-0.4, -0.2) is 16.2 Å². The molecule has 1 fully saturated rings. The molecule has 0 bridgehead atoms. The van der Waals surface area contributed by atoms with E-state index in [2.05, 4.69) is 0 Å². The zero-order valence-electron chi connectivity index (χ0n) is 5.96. The summed E-state index contributed by atoms with van der Waals surface area (Å²) in [6.45, 7) is 2.92. The summed E-state index contributed by atoms with van der Waals surface area (Å²) in [4.78, 5) is 20.5. The molecule has 56 valence electrons. The Bertz CT molecular complexity index is 201. The summed E-state index contributed by atoms with van der Waals surface area (Å²) in [6.07, 6.45) is 0.412. The molecular formula is C6H9NO3. The van der Waals surface area contributed by atoms with E-state index in [9.17, 15) is 14.9 Å². The highest BCUT2D eigenvalue weighted by atomic mass is 16.6. The van der Waals surface area contributed by atoms with E-state index < -0.39 is 5.54 Å². The summed E-state index contributed by atoms with van der Waals surface area (Å²) < 4.78 is 0. The summed E-state index contributed by atoms with van der Waals surface area (Å²) in [5.41, 5.74) is -0.939. The molecular weight excluding hydrogens is 134 g/mol. The SMILES string of the molecule is CC(=O)C1CC1(C)[N+](=O)[O-]. The van der Waals surface area contributed by atoms with E-state index in [0.717, 1.165) is 0 Å². The first-order chi connectivity index (χ1) is 4.48. The summed E-state index contributed by atoms with van der Waals surface area (Å²) in [7, 11) is 0. The van der Waals surface area contributed by atoms with Crippen LogP contribution in [0.1, 0.15) is 20.3 Å². The molecule has 0 amide bonds. The molecule has 2 atom stereocenters. The van der Waals surface area contributed by atoms with Gasteiger partial charge in [-0.15, -0.1) is 0 Å². The number of nitrogens with zero attached hydrogens (tertiary/aromatic N) is 1. The van der Waals surface area contributed by atoms with Crippen LogP contribution < -0.4 is 0 Å². The van der Waals surface area contributed by atoms with Gasteiger partial charge in [0.25, 0.3) is 0 Å². The standard InChI is InChI=1S/C6H9NO3/c1-4(8)5-3-6(5,2)7(9)10/h5H,3H2,1-2H3. The average molecular weight is 143 g/mol. The van der Waals surface area contributed by atoms with E-state index in [1.807, 2.05) is 0 Å². The first kappa shape index (κ1) is 7.18. The Morgan fingerprint density at radius 2 is 2.30 bits per heavy atom. The molecule has 2 unspecified atom stereocenters. The van der Waals surface area contributed by atoms with Crippen LogP contribution >= 0.6 is 0 Å². The molecule has 1 saturated carbocycles. The van der Waals surface area contributed by atoms with Crippen LogP contribution in [-0.2, 0) is 4.79 Å². The largest absolute Gasteiger partial charge is 0.299 e. The van der Waals surface area contributed by atoms with Crippen LogP contribution in [0.2, 0.25) is 0 Å². The molecule has 0 saturated heterocycles. The highest BCUT2D eigenvalue weighted by Crippen LogP contribution is 2.46. The van der Waals surface area contributed by atoms with E-state index in [1.165, 1.54) is 13.8 Å². The fourth-order valence-corrected chi connectivity index (χ4v) is 1.14. The van der Waals surface area contributed by atoms with Gasteiger partial charge in [0.05, 0.1) is 5.92 Å². The van der Waals surface area contributed by atoms with Gasteiger partial charge in [0, 0.05) is 18.3 Å². The zero-order valence-corrected chi connectivity index (χ0v) is 5.96. The second-order valence-electron chi connectivity index (χ2n) is 2.98. The maximum Gasteiger partial charge on any atom is 0.230 e. The molecule has 0 aromatic carbocycles. The first-order valence-corrected chi connectivity index (χ1v) is 3.13. The summed E-state index contributed by atoms with van der Waals surface area (Å²) in [5, 5.41) is 10.3. The lowest BCUT2D eigenvalue weighted by molar-refractivity contribution is -0.536. The van der Waals surface area contributed by atoms with E-state index in [-0.39, 0.29) is 16.6 Å². The van der Waals surface area contributed by atoms with Crippen molar-refractivity contribution >= 4 is 5.78 Å². The number of nitro groups is 1. The van der Waals surface area contributed by atoms with Crippen LogP contribution in [0, 0.1) is 16.0 Å². The molecule has 0 aromatic rings. The van der Waals surface area contributed by atoms with E-state index >= 15 is 0 Å². The maximum atomic E-state index is 10.6. The van der Waals surface area contributed by atoms with Crippen molar-refractivity contribution in [1.29, 1.82) is 0 Å². The van der Waals surface area contributed by atoms with Crippen molar-refractivity contribution in [3.8, 4) is 0 Å². The number of hydrogen-bond donors (Lipinski definition) is 0. The van der Waals surface area contributed by atoms with Gasteiger partial charge in [-0.25, -0.2) is 0 Å². The molecule has 4 nitrogen and oxygen atoms in total. The minimum absolute atomic E-state index is 0.0702. The Morgan fingerprint density at radius 1 is 1.80 bits per heavy atom. The minimum atomic E-state index is -0.939. The van der Waals surface area contributed by atoms with E-state index in [1.54, 1.807) is 0 Å². The van der Waals surface area contributed by atoms with Crippen molar-refractivity contribution in [2.24, 2.45) is 5.92 Å². The van der Waals surface area contributed by atoms with Gasteiger partial charge in [0.1, 0.15) is 5.78 Å². The monoisotopic (exact) mass is 143 g/mol. The molecule has 0 radical (unpaired) electrons. The van der Waals surface area contributed by atoms with E-state index in [0.29, 0.717) is 6.42 Å². The number of carbonyl (C=O) groups is 1. The lowest BCUT2D eigenvalue weighted by atomic mass is 10.2. The first-order valence-electron chi connectivity index (χ1n) is 3.13. The van der Waals surface area contributed by atoms with Gasteiger partial charge in [-0.1, -0.05) is 0 Å². The predicted octanol–water partition coefficient (Wildman–Crippen LogP) is 0.631. The Morgan fingerprint density at radius 3 is 2.40 bits per heavy atom. The molecule has 1 aliphatic rings. The number of ketones is 1. The quantitative estimate of drug-likeness (QED) is 0.420. The normalized spacial score (nSPS) is 37.2. The Balaban J connectivity index is 2.65. The third kappa shape index (κ3) is 0.798. The molecule has 0 spiro atoms. The lowest BCUT2D eigenvalue weighted by Crippen LogP contribution is -2.21. The lowest BCUT2D eigenvalue weighted by Gasteiger charge is -1.97. The molecule has 4 heteroatoms. The van der Waals surface area contributed by atoms with Gasteiger partial charge in [-0.3, -0.25) is 14.9 Å². The van der Waals surface area contributed by atoms with Crippen molar-refractivity contribution in [1.82, 2.24) is 0 Å². The van der Waals surface area contributed by atoms with Crippen molar-refractivity contribution in [2.45, 2.75) is 25.8 Å². The van der Waals surface area contributed by atoms with Gasteiger partial charge in [-0.2, -0.15) is 0 Å². The third-order valence-electron chi connectivity index (χ3n) is 2.12. The van der Waals surface area contributed by atoms with Crippen LogP contribution in [0.25, 0.3) is 0 Å². The van der Waals surface area contributed by atoms with Crippen LogP contribution in [0.5, 0.6) is 0 Å². The predicted molar refractivity (Wildman–Crippen MR) is 34.2 cm³/mol. The fraction of sp³-hybridized carbons (Fsp3) is 0.833. The maximum absolute atomic E-state index is 10.6. The topological polar surface area (TPSA) is 60.2 Å². The summed E-state index contributed by atoms with van der Waals surface area (Å²) in [5.74, 6) is -0.401. The highest BCUT2D eigenvalue weighted by molar-refractivity contribution is 5.82. The smallest absolute Gasteiger partial charge is 0.230 e. The van der Waals surface area contributed by atoms with Crippen molar-refractivity contribution in [2.75, 3.05) is 0 Å². The summed E-state index contributed by atoms with van der Waals surface area (Å²) >= 11 is 0. The fourth-order valence-electron chi connectivity index (χ4n) is 1.14. The van der Waals surface area contributed by atoms with Crippen molar-refractivity contribution in [3.05, 3.63) is 10.1 Å². The van der Waals surface area contributed by atoms with Gasteiger partial charge < -0.3 is 0 Å². The summed E-state index contributed by atoms with van der Waals surface area (Å²) in [6, 6.07) is 0. The highest BCUT2D eigenvalue weighted by Gasteiger charge is 2.64. The number of carbonyl (C=O) groups excluding carboxylic acids is 1. The van der Waals surface area contributed by atoms with Gasteiger partial charge in [0.15, 0.2) is 0 Å². The number of rotatable bonds is 2. The number of Topliss-reactive ketones (excluding diaryl/α,β-unsaturated/α-hetero) is 1. The number of hydrogen-bond acceptors (Lipinski definition) is 3.